The monoisotopic (exact) mass is 144 g/mol. The predicted octanol–water partition coefficient (Wildman–Crippen LogP) is 1.01. The minimum absolute atomic E-state index is 0.169. The van der Waals surface area contributed by atoms with Crippen molar-refractivity contribution >= 4 is 6.02 Å². The Bertz CT molecular complexity index is 124. The fourth-order valence-electron chi connectivity index (χ4n) is 0.499. The molecule has 10 heavy (non-hydrogen) atoms. The number of nitrogens with zero attached hydrogens (tertiary/aromatic N) is 1. The van der Waals surface area contributed by atoms with Crippen molar-refractivity contribution in [1.29, 1.82) is 0 Å². The zero-order valence-corrected chi connectivity index (χ0v) is 7.36. The lowest BCUT2D eigenvalue weighted by Gasteiger charge is -2.21. The molecule has 0 unspecified atom stereocenters. The van der Waals surface area contributed by atoms with E-state index in [1.807, 2.05) is 20.8 Å². The fourth-order valence-corrected chi connectivity index (χ4v) is 0.499. The maximum absolute atomic E-state index is 5.38. The maximum Gasteiger partial charge on any atom is 0.284 e. The first-order chi connectivity index (χ1) is 4.49. The van der Waals surface area contributed by atoms with Crippen molar-refractivity contribution in [3.8, 4) is 0 Å². The second-order valence-electron chi connectivity index (χ2n) is 2.99. The molecule has 0 spiro atoms. The van der Waals surface area contributed by atoms with E-state index in [1.54, 1.807) is 14.1 Å². The number of amidine groups is 1. The van der Waals surface area contributed by atoms with E-state index in [2.05, 4.69) is 10.3 Å². The topological polar surface area (TPSA) is 33.6 Å². The van der Waals surface area contributed by atoms with Gasteiger partial charge in [0.05, 0.1) is 0 Å². The van der Waals surface area contributed by atoms with Crippen molar-refractivity contribution in [1.82, 2.24) is 5.32 Å². The van der Waals surface area contributed by atoms with E-state index in [4.69, 9.17) is 4.74 Å². The van der Waals surface area contributed by atoms with Crippen LogP contribution < -0.4 is 5.32 Å². The fraction of sp³-hybridized carbons (Fsp3) is 0.857. The number of nitrogens with one attached hydrogen (secondary N) is 1. The SMILES string of the molecule is CN=C(NC)OC(C)(C)C. The number of rotatable bonds is 0. The molecule has 0 radical (unpaired) electrons. The van der Waals surface area contributed by atoms with Crippen LogP contribution in [0.5, 0.6) is 0 Å². The molecule has 3 heteroatoms. The number of ether oxygens (including phenoxy) is 1. The molecule has 0 fully saturated rings. The Balaban J connectivity index is 3.88. The number of hydrogen-bond acceptors (Lipinski definition) is 2. The van der Waals surface area contributed by atoms with Gasteiger partial charge in [0.15, 0.2) is 0 Å². The average Bonchev–Trinajstić information content (AvgIpc) is 1.81. The molecular formula is C7H16N2O. The van der Waals surface area contributed by atoms with E-state index in [9.17, 15) is 0 Å². The molecule has 0 aliphatic carbocycles. The van der Waals surface area contributed by atoms with Crippen molar-refractivity contribution in [2.75, 3.05) is 14.1 Å². The molecule has 0 bridgehead atoms. The van der Waals surface area contributed by atoms with Crippen LogP contribution in [0.15, 0.2) is 4.99 Å². The molecule has 3 nitrogen and oxygen atoms in total. The van der Waals surface area contributed by atoms with Gasteiger partial charge in [0.1, 0.15) is 5.60 Å². The summed E-state index contributed by atoms with van der Waals surface area (Å²) in [7, 11) is 3.48. The Morgan fingerprint density at radius 1 is 1.40 bits per heavy atom. The van der Waals surface area contributed by atoms with Gasteiger partial charge in [-0.05, 0) is 20.8 Å². The van der Waals surface area contributed by atoms with Crippen LogP contribution in [0.3, 0.4) is 0 Å². The van der Waals surface area contributed by atoms with Gasteiger partial charge >= 0.3 is 0 Å². The number of hydrogen-bond donors (Lipinski definition) is 1. The van der Waals surface area contributed by atoms with Gasteiger partial charge in [0.2, 0.25) is 0 Å². The van der Waals surface area contributed by atoms with Gasteiger partial charge < -0.3 is 10.1 Å². The third-order valence-electron chi connectivity index (χ3n) is 0.820. The molecule has 0 aliphatic rings. The van der Waals surface area contributed by atoms with Crippen LogP contribution in [-0.4, -0.2) is 25.7 Å². The summed E-state index contributed by atoms with van der Waals surface area (Å²) >= 11 is 0. The molecule has 1 N–H and O–H groups in total. The summed E-state index contributed by atoms with van der Waals surface area (Å²) in [5, 5.41) is 2.84. The molecule has 0 heterocycles. The second-order valence-corrected chi connectivity index (χ2v) is 2.99. The molecule has 0 saturated carbocycles. The van der Waals surface area contributed by atoms with Crippen molar-refractivity contribution in [3.63, 3.8) is 0 Å². The van der Waals surface area contributed by atoms with Crippen molar-refractivity contribution in [2.45, 2.75) is 26.4 Å². The molecule has 60 valence electrons. The highest BCUT2D eigenvalue weighted by molar-refractivity contribution is 5.73. The molecular weight excluding hydrogens is 128 g/mol. The Morgan fingerprint density at radius 3 is 2.00 bits per heavy atom. The Kier molecular flexibility index (Phi) is 3.19. The van der Waals surface area contributed by atoms with Crippen molar-refractivity contribution in [2.24, 2.45) is 4.99 Å². The predicted molar refractivity (Wildman–Crippen MR) is 43.3 cm³/mol. The third kappa shape index (κ3) is 4.18. The summed E-state index contributed by atoms with van der Waals surface area (Å²) in [5.41, 5.74) is -0.169. The maximum atomic E-state index is 5.38. The zero-order chi connectivity index (χ0) is 8.20. The molecule has 0 atom stereocenters. The first-order valence-corrected chi connectivity index (χ1v) is 3.33. The Hall–Kier alpha value is -0.730. The van der Waals surface area contributed by atoms with Gasteiger partial charge in [-0.3, -0.25) is 0 Å². The third-order valence-corrected chi connectivity index (χ3v) is 0.820. The molecule has 0 aromatic heterocycles. The van der Waals surface area contributed by atoms with Crippen LogP contribution >= 0.6 is 0 Å². The van der Waals surface area contributed by atoms with Crippen LogP contribution in [-0.2, 0) is 4.74 Å². The van der Waals surface area contributed by atoms with E-state index in [1.165, 1.54) is 0 Å². The zero-order valence-electron chi connectivity index (χ0n) is 7.36. The summed E-state index contributed by atoms with van der Waals surface area (Å²) in [5.74, 6) is 0. The van der Waals surface area contributed by atoms with E-state index < -0.39 is 0 Å². The highest BCUT2D eigenvalue weighted by atomic mass is 16.5. The van der Waals surface area contributed by atoms with E-state index in [0.29, 0.717) is 6.02 Å². The first-order valence-electron chi connectivity index (χ1n) is 3.33. The van der Waals surface area contributed by atoms with Gasteiger partial charge in [-0.15, -0.1) is 0 Å². The van der Waals surface area contributed by atoms with Crippen LogP contribution in [0, 0.1) is 0 Å². The molecule has 0 aromatic carbocycles. The first kappa shape index (κ1) is 9.27. The minimum Gasteiger partial charge on any atom is -0.460 e. The van der Waals surface area contributed by atoms with Gasteiger partial charge in [-0.25, -0.2) is 4.99 Å². The lowest BCUT2D eigenvalue weighted by molar-refractivity contribution is 0.110. The van der Waals surface area contributed by atoms with Gasteiger partial charge in [-0.1, -0.05) is 0 Å². The molecule has 0 aliphatic heterocycles. The Morgan fingerprint density at radius 2 is 1.90 bits per heavy atom. The normalized spacial score (nSPS) is 13.1. The molecule has 0 rings (SSSR count). The standard InChI is InChI=1S/C7H16N2O/c1-7(2,3)10-6(8-4)9-5/h1-5H3,(H,8,9). The summed E-state index contributed by atoms with van der Waals surface area (Å²) in [4.78, 5) is 3.88. The van der Waals surface area contributed by atoms with Gasteiger partial charge in [0, 0.05) is 14.1 Å². The van der Waals surface area contributed by atoms with Crippen molar-refractivity contribution in [3.05, 3.63) is 0 Å². The van der Waals surface area contributed by atoms with Gasteiger partial charge in [0.25, 0.3) is 6.02 Å². The van der Waals surface area contributed by atoms with E-state index in [0.717, 1.165) is 0 Å². The van der Waals surface area contributed by atoms with Crippen LogP contribution in [0.25, 0.3) is 0 Å². The summed E-state index contributed by atoms with van der Waals surface area (Å²) in [6, 6.07) is 0.576. The van der Waals surface area contributed by atoms with E-state index in [-0.39, 0.29) is 5.60 Å². The average molecular weight is 144 g/mol. The van der Waals surface area contributed by atoms with Crippen molar-refractivity contribution < 1.29 is 4.74 Å². The lowest BCUT2D eigenvalue weighted by atomic mass is 10.2. The highest BCUT2D eigenvalue weighted by Gasteiger charge is 2.12. The molecule has 0 aromatic rings. The smallest absolute Gasteiger partial charge is 0.284 e. The summed E-state index contributed by atoms with van der Waals surface area (Å²) in [6.07, 6.45) is 0. The highest BCUT2D eigenvalue weighted by Crippen LogP contribution is 2.05. The lowest BCUT2D eigenvalue weighted by Crippen LogP contribution is -2.31. The van der Waals surface area contributed by atoms with Crippen LogP contribution in [0.1, 0.15) is 20.8 Å². The van der Waals surface area contributed by atoms with Gasteiger partial charge in [-0.2, -0.15) is 0 Å². The minimum atomic E-state index is -0.169. The Labute approximate surface area is 62.5 Å². The van der Waals surface area contributed by atoms with E-state index >= 15 is 0 Å². The second kappa shape index (κ2) is 3.44. The van der Waals surface area contributed by atoms with Crippen LogP contribution in [0.4, 0.5) is 0 Å². The summed E-state index contributed by atoms with van der Waals surface area (Å²) in [6.45, 7) is 5.94. The quantitative estimate of drug-likeness (QED) is 0.406. The largest absolute Gasteiger partial charge is 0.460 e. The summed E-state index contributed by atoms with van der Waals surface area (Å²) < 4.78 is 5.38. The van der Waals surface area contributed by atoms with Crippen LogP contribution in [0.2, 0.25) is 0 Å². The molecule has 0 saturated heterocycles. The number of aliphatic imine (C=N–C) groups is 1. The molecule has 0 amide bonds.